The number of carbonyl (C=O) groups is 2. The van der Waals surface area contributed by atoms with Crippen LogP contribution in [0.5, 0.6) is 11.5 Å². The van der Waals surface area contributed by atoms with Gasteiger partial charge in [0.05, 0.1) is 6.20 Å². The molecule has 2 aliphatic heterocycles. The maximum absolute atomic E-state index is 12.8. The second-order valence-corrected chi connectivity index (χ2v) is 17.0. The second-order valence-electron chi connectivity index (χ2n) is 16.6. The number of benzene rings is 2. The number of pyridine rings is 1. The van der Waals surface area contributed by atoms with Gasteiger partial charge in [0.25, 0.3) is 0 Å². The van der Waals surface area contributed by atoms with Gasteiger partial charge in [-0.05, 0) is 106 Å². The third-order valence-electron chi connectivity index (χ3n) is 11.0. The lowest BCUT2D eigenvalue weighted by molar-refractivity contribution is 0.0255. The lowest BCUT2D eigenvalue weighted by atomic mass is 9.71. The molecule has 2 aromatic carbocycles. The number of fused-ring (bicyclic) bond motifs is 1. The molecule has 1 unspecified atom stereocenters. The van der Waals surface area contributed by atoms with Gasteiger partial charge in [-0.15, -0.1) is 0 Å². The number of ether oxygens (including phenoxy) is 2. The SMILES string of the molecule is CC1(CN2CCCN(C(=O)OC(C)(C)C)CC2)CCC(c2ccc(Cl)cc2)=C(CN2CCN(c3ccc(C(=O)O)c(Oc4cnc5[nH]ccc5c4)c3)CC2)C1. The van der Waals surface area contributed by atoms with E-state index in [0.29, 0.717) is 18.0 Å². The van der Waals surface area contributed by atoms with E-state index in [1.165, 1.54) is 16.7 Å². The Labute approximate surface area is 328 Å². The summed E-state index contributed by atoms with van der Waals surface area (Å²) in [4.78, 5) is 41.7. The molecule has 55 heavy (non-hydrogen) atoms. The third-order valence-corrected chi connectivity index (χ3v) is 11.3. The van der Waals surface area contributed by atoms with E-state index in [-0.39, 0.29) is 17.1 Å². The summed E-state index contributed by atoms with van der Waals surface area (Å²) in [6, 6.07) is 17.4. The first-order valence-electron chi connectivity index (χ1n) is 19.4. The third kappa shape index (κ3) is 9.63. The molecular weight excluding hydrogens is 716 g/mol. The first kappa shape index (κ1) is 38.7. The number of rotatable bonds is 9. The Morgan fingerprint density at radius 3 is 2.45 bits per heavy atom. The molecule has 292 valence electrons. The second kappa shape index (κ2) is 16.3. The Balaban J connectivity index is 1.02. The first-order valence-corrected chi connectivity index (χ1v) is 19.8. The summed E-state index contributed by atoms with van der Waals surface area (Å²) < 4.78 is 11.8. The fourth-order valence-electron chi connectivity index (χ4n) is 8.28. The van der Waals surface area contributed by atoms with E-state index in [9.17, 15) is 14.7 Å². The molecule has 0 saturated carbocycles. The Kier molecular flexibility index (Phi) is 11.4. The molecule has 2 saturated heterocycles. The molecule has 2 fully saturated rings. The van der Waals surface area contributed by atoms with Crippen LogP contribution >= 0.6 is 11.6 Å². The fourth-order valence-corrected chi connectivity index (χ4v) is 8.41. The van der Waals surface area contributed by atoms with Crippen molar-refractivity contribution in [3.8, 4) is 11.5 Å². The maximum atomic E-state index is 12.8. The van der Waals surface area contributed by atoms with Crippen molar-refractivity contribution in [3.05, 3.63) is 88.7 Å². The highest BCUT2D eigenvalue weighted by Gasteiger charge is 2.35. The van der Waals surface area contributed by atoms with Crippen LogP contribution in [0.15, 0.2) is 72.6 Å². The van der Waals surface area contributed by atoms with Crippen LogP contribution in [0, 0.1) is 5.41 Å². The average Bonchev–Trinajstić information content (AvgIpc) is 3.49. The lowest BCUT2D eigenvalue weighted by Gasteiger charge is -2.42. The van der Waals surface area contributed by atoms with Crippen LogP contribution < -0.4 is 9.64 Å². The van der Waals surface area contributed by atoms with Gasteiger partial charge in [0.2, 0.25) is 0 Å². The molecule has 1 amide bonds. The molecule has 2 aromatic heterocycles. The van der Waals surface area contributed by atoms with Crippen molar-refractivity contribution in [1.29, 1.82) is 0 Å². The number of H-pyrrole nitrogens is 1. The normalized spacial score (nSPS) is 20.5. The predicted molar refractivity (Wildman–Crippen MR) is 217 cm³/mol. The number of halogens is 1. The van der Waals surface area contributed by atoms with Crippen molar-refractivity contribution < 1.29 is 24.2 Å². The summed E-state index contributed by atoms with van der Waals surface area (Å²) in [6.45, 7) is 16.7. The first-order chi connectivity index (χ1) is 26.3. The minimum atomic E-state index is -1.04. The number of aromatic nitrogens is 2. The van der Waals surface area contributed by atoms with Gasteiger partial charge in [-0.2, -0.15) is 0 Å². The van der Waals surface area contributed by atoms with Crippen molar-refractivity contribution in [2.45, 2.75) is 59.0 Å². The summed E-state index contributed by atoms with van der Waals surface area (Å²) in [7, 11) is 0. The topological polar surface area (TPSA) is 114 Å². The predicted octanol–water partition coefficient (Wildman–Crippen LogP) is 8.42. The van der Waals surface area contributed by atoms with Gasteiger partial charge < -0.3 is 34.3 Å². The highest BCUT2D eigenvalue weighted by molar-refractivity contribution is 6.30. The Morgan fingerprint density at radius 2 is 1.71 bits per heavy atom. The quantitative estimate of drug-likeness (QED) is 0.173. The summed E-state index contributed by atoms with van der Waals surface area (Å²) in [5, 5.41) is 11.6. The van der Waals surface area contributed by atoms with Crippen LogP contribution in [-0.2, 0) is 4.74 Å². The number of carbonyl (C=O) groups excluding carboxylic acids is 1. The minimum absolute atomic E-state index is 0.109. The minimum Gasteiger partial charge on any atom is -0.478 e. The number of aromatic amines is 1. The number of aromatic carboxylic acids is 1. The zero-order chi connectivity index (χ0) is 38.7. The number of carboxylic acid groups (broad SMARTS) is 1. The zero-order valence-electron chi connectivity index (χ0n) is 32.4. The largest absolute Gasteiger partial charge is 0.478 e. The number of piperazine rings is 1. The van der Waals surface area contributed by atoms with Gasteiger partial charge in [-0.1, -0.05) is 36.2 Å². The van der Waals surface area contributed by atoms with E-state index in [2.05, 4.69) is 43.7 Å². The Hall–Kier alpha value is -4.58. The van der Waals surface area contributed by atoms with Crippen molar-refractivity contribution in [3.63, 3.8) is 0 Å². The molecule has 0 bridgehead atoms. The molecule has 4 heterocycles. The van der Waals surface area contributed by atoms with Crippen LogP contribution in [0.1, 0.15) is 69.3 Å². The van der Waals surface area contributed by atoms with Crippen molar-refractivity contribution in [1.82, 2.24) is 24.7 Å². The van der Waals surface area contributed by atoms with Gasteiger partial charge in [-0.3, -0.25) is 4.90 Å². The number of hydrogen-bond donors (Lipinski definition) is 2. The van der Waals surface area contributed by atoms with E-state index < -0.39 is 11.6 Å². The number of nitrogens with one attached hydrogen (secondary N) is 1. The van der Waals surface area contributed by atoms with Gasteiger partial charge in [0.15, 0.2) is 0 Å². The molecule has 0 spiro atoms. The number of nitrogens with zero attached hydrogens (tertiary/aromatic N) is 5. The van der Waals surface area contributed by atoms with Crippen molar-refractivity contribution in [2.24, 2.45) is 5.41 Å². The van der Waals surface area contributed by atoms with Crippen LogP contribution in [-0.4, -0.2) is 113 Å². The molecule has 11 nitrogen and oxygen atoms in total. The standard InChI is InChI=1S/C43H53ClN6O5/c1-42(2,3)55-41(53)50-17-5-16-48(20-23-50)29-43(4)14-12-36(30-6-8-33(44)9-7-30)32(26-43)28-47-18-21-49(22-19-47)34-10-11-37(40(51)52)38(25-34)54-35-24-31-13-15-45-39(31)46-27-35/h6-11,13,15,24-25,27H,5,12,14,16-23,26,28-29H2,1-4H3,(H,45,46)(H,51,52). The van der Waals surface area contributed by atoms with Gasteiger partial charge >= 0.3 is 12.1 Å². The van der Waals surface area contributed by atoms with E-state index >= 15 is 0 Å². The molecule has 7 rings (SSSR count). The maximum Gasteiger partial charge on any atom is 0.410 e. The molecule has 3 aliphatic rings. The van der Waals surface area contributed by atoms with Crippen LogP contribution in [0.4, 0.5) is 10.5 Å². The number of anilines is 1. The lowest BCUT2D eigenvalue weighted by Crippen LogP contribution is -2.47. The fraction of sp³-hybridized carbons (Fsp3) is 0.465. The van der Waals surface area contributed by atoms with Crippen LogP contribution in [0.3, 0.4) is 0 Å². The number of hydrogen-bond acceptors (Lipinski definition) is 8. The molecule has 12 heteroatoms. The average molecular weight is 769 g/mol. The highest BCUT2D eigenvalue weighted by atomic mass is 35.5. The van der Waals surface area contributed by atoms with E-state index in [4.69, 9.17) is 21.1 Å². The molecular formula is C43H53ClN6O5. The molecule has 1 atom stereocenters. The van der Waals surface area contributed by atoms with Crippen LogP contribution in [0.25, 0.3) is 16.6 Å². The van der Waals surface area contributed by atoms with Gasteiger partial charge in [-0.25, -0.2) is 14.6 Å². The van der Waals surface area contributed by atoms with Crippen molar-refractivity contribution in [2.75, 3.05) is 70.3 Å². The number of carboxylic acids is 1. The summed E-state index contributed by atoms with van der Waals surface area (Å²) in [6.07, 6.45) is 7.26. The molecule has 0 radical (unpaired) electrons. The zero-order valence-corrected chi connectivity index (χ0v) is 33.2. The summed E-state index contributed by atoms with van der Waals surface area (Å²) in [5.41, 5.74) is 5.57. The number of allylic oxidation sites excluding steroid dienone is 1. The van der Waals surface area contributed by atoms with Crippen molar-refractivity contribution >= 4 is 46.0 Å². The van der Waals surface area contributed by atoms with Crippen LogP contribution in [0.2, 0.25) is 5.02 Å². The Morgan fingerprint density at radius 1 is 0.945 bits per heavy atom. The highest BCUT2D eigenvalue weighted by Crippen LogP contribution is 2.44. The monoisotopic (exact) mass is 768 g/mol. The smallest absolute Gasteiger partial charge is 0.410 e. The number of amides is 1. The molecule has 2 N–H and O–H groups in total. The van der Waals surface area contributed by atoms with Gasteiger partial charge in [0, 0.05) is 87.3 Å². The van der Waals surface area contributed by atoms with E-state index in [1.54, 1.807) is 12.3 Å². The Bertz CT molecular complexity index is 2030. The van der Waals surface area contributed by atoms with E-state index in [1.807, 2.05) is 68.3 Å². The molecule has 1 aliphatic carbocycles. The molecule has 4 aromatic rings. The van der Waals surface area contributed by atoms with E-state index in [0.717, 1.165) is 106 Å². The van der Waals surface area contributed by atoms with Gasteiger partial charge in [0.1, 0.15) is 28.3 Å². The summed E-state index contributed by atoms with van der Waals surface area (Å²) in [5.74, 6) is -0.255. The summed E-state index contributed by atoms with van der Waals surface area (Å²) >= 11 is 6.32.